The van der Waals surface area contributed by atoms with Gasteiger partial charge in [0.05, 0.1) is 12.1 Å². The third kappa shape index (κ3) is 6.37. The number of nitrogens with one attached hydrogen (secondary N) is 1. The van der Waals surface area contributed by atoms with E-state index in [0.29, 0.717) is 6.04 Å². The smallest absolute Gasteiger partial charge is 0.0967 e. The topological polar surface area (TPSA) is 39.1 Å². The molecule has 3 heteroatoms. The maximum Gasteiger partial charge on any atom is 0.0967 e. The van der Waals surface area contributed by atoms with Gasteiger partial charge in [0.15, 0.2) is 0 Å². The van der Waals surface area contributed by atoms with Crippen molar-refractivity contribution in [2.45, 2.75) is 71.5 Å². The second kappa shape index (κ2) is 7.76. The first-order valence-electron chi connectivity index (χ1n) is 7.42. The maximum absolute atomic E-state index is 9.13. The summed E-state index contributed by atoms with van der Waals surface area (Å²) in [6.07, 6.45) is 4.93. The second-order valence-electron chi connectivity index (χ2n) is 6.24. The van der Waals surface area contributed by atoms with Gasteiger partial charge in [-0.15, -0.1) is 0 Å². The summed E-state index contributed by atoms with van der Waals surface area (Å²) in [7, 11) is 0. The van der Waals surface area contributed by atoms with Crippen LogP contribution in [0.2, 0.25) is 0 Å². The molecule has 1 fully saturated rings. The lowest BCUT2D eigenvalue weighted by Crippen LogP contribution is -2.38. The van der Waals surface area contributed by atoms with Crippen LogP contribution in [-0.2, 0) is 0 Å². The van der Waals surface area contributed by atoms with Crippen LogP contribution in [0, 0.1) is 17.2 Å². The van der Waals surface area contributed by atoms with Crippen LogP contribution in [0.15, 0.2) is 0 Å². The van der Waals surface area contributed by atoms with Gasteiger partial charge in [-0.2, -0.15) is 5.26 Å². The quantitative estimate of drug-likeness (QED) is 0.685. The average molecular weight is 251 g/mol. The Kier molecular flexibility index (Phi) is 6.67. The third-order valence-electron chi connectivity index (χ3n) is 3.45. The minimum Gasteiger partial charge on any atom is -0.300 e. The van der Waals surface area contributed by atoms with Crippen molar-refractivity contribution in [3.8, 4) is 6.07 Å². The summed E-state index contributed by atoms with van der Waals surface area (Å²) in [5, 5.41) is 12.5. The lowest BCUT2D eigenvalue weighted by atomic mass is 10.1. The molecule has 0 amide bonds. The zero-order valence-corrected chi connectivity index (χ0v) is 12.4. The predicted molar refractivity (Wildman–Crippen MR) is 76.3 cm³/mol. The summed E-state index contributed by atoms with van der Waals surface area (Å²) in [4.78, 5) is 2.59. The summed E-state index contributed by atoms with van der Waals surface area (Å²) in [5.74, 6) is 0.770. The Morgan fingerprint density at radius 2 is 1.78 bits per heavy atom. The predicted octanol–water partition coefficient (Wildman–Crippen LogP) is 2.78. The standard InChI is InChI=1S/C15H29N3/c1-12(2)7-9-18(15-5-6-15)10-8-14(11-16)17-13(3)4/h12-15,17H,5-10H2,1-4H3. The highest BCUT2D eigenvalue weighted by molar-refractivity contribution is 4.93. The Labute approximate surface area is 113 Å². The summed E-state index contributed by atoms with van der Waals surface area (Å²) in [5.41, 5.74) is 0. The van der Waals surface area contributed by atoms with Crippen molar-refractivity contribution in [2.75, 3.05) is 13.1 Å². The fraction of sp³-hybridized carbons (Fsp3) is 0.933. The molecule has 1 unspecified atom stereocenters. The van der Waals surface area contributed by atoms with Gasteiger partial charge in [-0.3, -0.25) is 5.32 Å². The molecule has 1 rings (SSSR count). The van der Waals surface area contributed by atoms with E-state index in [9.17, 15) is 0 Å². The molecular weight excluding hydrogens is 222 g/mol. The molecule has 1 aliphatic carbocycles. The molecule has 18 heavy (non-hydrogen) atoms. The average Bonchev–Trinajstić information content (AvgIpc) is 3.10. The lowest BCUT2D eigenvalue weighted by Gasteiger charge is -2.24. The highest BCUT2D eigenvalue weighted by Gasteiger charge is 2.28. The van der Waals surface area contributed by atoms with Crippen LogP contribution in [0.25, 0.3) is 0 Å². The molecule has 104 valence electrons. The van der Waals surface area contributed by atoms with Crippen molar-refractivity contribution < 1.29 is 0 Å². The second-order valence-corrected chi connectivity index (χ2v) is 6.24. The van der Waals surface area contributed by atoms with E-state index in [1.165, 1.54) is 25.8 Å². The van der Waals surface area contributed by atoms with Crippen LogP contribution in [0.4, 0.5) is 0 Å². The van der Waals surface area contributed by atoms with Crippen molar-refractivity contribution >= 4 is 0 Å². The van der Waals surface area contributed by atoms with E-state index in [2.05, 4.69) is 44.0 Å². The fourth-order valence-electron chi connectivity index (χ4n) is 2.22. The van der Waals surface area contributed by atoms with Gasteiger partial charge >= 0.3 is 0 Å². The first kappa shape index (κ1) is 15.5. The molecule has 0 aromatic carbocycles. The van der Waals surface area contributed by atoms with Gasteiger partial charge in [-0.1, -0.05) is 13.8 Å². The van der Waals surface area contributed by atoms with E-state index in [1.54, 1.807) is 0 Å². The van der Waals surface area contributed by atoms with Crippen LogP contribution < -0.4 is 5.32 Å². The molecule has 1 atom stereocenters. The van der Waals surface area contributed by atoms with Gasteiger partial charge in [0.1, 0.15) is 0 Å². The van der Waals surface area contributed by atoms with Gasteiger partial charge in [0, 0.05) is 18.6 Å². The van der Waals surface area contributed by atoms with Gasteiger partial charge in [-0.05, 0) is 52.0 Å². The van der Waals surface area contributed by atoms with Crippen molar-refractivity contribution in [2.24, 2.45) is 5.92 Å². The molecule has 3 nitrogen and oxygen atoms in total. The van der Waals surface area contributed by atoms with Gasteiger partial charge in [0.25, 0.3) is 0 Å². The van der Waals surface area contributed by atoms with Crippen LogP contribution in [-0.4, -0.2) is 36.1 Å². The Hall–Kier alpha value is -0.590. The van der Waals surface area contributed by atoms with Crippen molar-refractivity contribution in [1.29, 1.82) is 5.26 Å². The summed E-state index contributed by atoms with van der Waals surface area (Å²) >= 11 is 0. The summed E-state index contributed by atoms with van der Waals surface area (Å²) in [6.45, 7) is 11.0. The van der Waals surface area contributed by atoms with E-state index in [4.69, 9.17) is 5.26 Å². The zero-order chi connectivity index (χ0) is 13.5. The number of hydrogen-bond acceptors (Lipinski definition) is 3. The van der Waals surface area contributed by atoms with E-state index in [0.717, 1.165) is 24.9 Å². The maximum atomic E-state index is 9.13. The third-order valence-corrected chi connectivity index (χ3v) is 3.45. The molecule has 0 aromatic rings. The minimum absolute atomic E-state index is 0.00491. The number of hydrogen-bond donors (Lipinski definition) is 1. The van der Waals surface area contributed by atoms with E-state index >= 15 is 0 Å². The summed E-state index contributed by atoms with van der Waals surface area (Å²) in [6, 6.07) is 3.58. The van der Waals surface area contributed by atoms with Crippen LogP contribution in [0.5, 0.6) is 0 Å². The van der Waals surface area contributed by atoms with Gasteiger partial charge < -0.3 is 4.90 Å². The number of nitrogens with zero attached hydrogens (tertiary/aromatic N) is 2. The SMILES string of the molecule is CC(C)CCN(CCC(C#N)NC(C)C)C1CC1. The molecule has 0 saturated heterocycles. The van der Waals surface area contributed by atoms with Crippen molar-refractivity contribution in [3.63, 3.8) is 0 Å². The Bertz CT molecular complexity index is 263. The van der Waals surface area contributed by atoms with Gasteiger partial charge in [-0.25, -0.2) is 0 Å². The normalized spacial score (nSPS) is 17.4. The number of rotatable bonds is 9. The molecule has 0 radical (unpaired) electrons. The van der Waals surface area contributed by atoms with Crippen molar-refractivity contribution in [3.05, 3.63) is 0 Å². The molecular formula is C15H29N3. The van der Waals surface area contributed by atoms with E-state index in [1.807, 2.05) is 0 Å². The largest absolute Gasteiger partial charge is 0.300 e. The number of nitriles is 1. The Balaban J connectivity index is 2.30. The highest BCUT2D eigenvalue weighted by atomic mass is 15.2. The zero-order valence-electron chi connectivity index (χ0n) is 12.4. The first-order valence-corrected chi connectivity index (χ1v) is 7.42. The first-order chi connectivity index (χ1) is 8.52. The monoisotopic (exact) mass is 251 g/mol. The Morgan fingerprint density at radius 3 is 2.22 bits per heavy atom. The Morgan fingerprint density at radius 1 is 1.17 bits per heavy atom. The molecule has 0 aromatic heterocycles. The highest BCUT2D eigenvalue weighted by Crippen LogP contribution is 2.27. The minimum atomic E-state index is 0.00491. The molecule has 1 aliphatic rings. The molecule has 0 bridgehead atoms. The van der Waals surface area contributed by atoms with Crippen LogP contribution in [0.3, 0.4) is 0 Å². The molecule has 0 spiro atoms. The van der Waals surface area contributed by atoms with E-state index in [-0.39, 0.29) is 6.04 Å². The molecule has 1 saturated carbocycles. The molecule has 0 aliphatic heterocycles. The van der Waals surface area contributed by atoms with Crippen LogP contribution >= 0.6 is 0 Å². The van der Waals surface area contributed by atoms with Crippen molar-refractivity contribution in [1.82, 2.24) is 10.2 Å². The lowest BCUT2D eigenvalue weighted by molar-refractivity contribution is 0.238. The summed E-state index contributed by atoms with van der Waals surface area (Å²) < 4.78 is 0. The molecule has 0 heterocycles. The van der Waals surface area contributed by atoms with E-state index < -0.39 is 0 Å². The molecule has 1 N–H and O–H groups in total. The van der Waals surface area contributed by atoms with Gasteiger partial charge in [0.2, 0.25) is 0 Å². The fourth-order valence-corrected chi connectivity index (χ4v) is 2.22. The van der Waals surface area contributed by atoms with Crippen LogP contribution in [0.1, 0.15) is 53.4 Å².